The monoisotopic (exact) mass is 285 g/mol. The van der Waals surface area contributed by atoms with Gasteiger partial charge >= 0.3 is 0 Å². The molecule has 104 valence electrons. The van der Waals surface area contributed by atoms with Crippen LogP contribution in [0.1, 0.15) is 54.3 Å². The Balaban J connectivity index is 1.64. The third-order valence-corrected chi connectivity index (χ3v) is 6.87. The number of nitrogens with two attached hydrogens (primary N) is 1. The number of aromatic nitrogens is 2. The maximum atomic E-state index is 6.30. The number of aryl methyl sites for hydroxylation is 2. The van der Waals surface area contributed by atoms with Crippen LogP contribution in [0.15, 0.2) is 0 Å². The lowest BCUT2D eigenvalue weighted by Crippen LogP contribution is -2.13. The standard InChI is InChI=1S/C16H19N3S/c17-14-13-10-2-1-3-12(10)20-16(13)19-15(18-14)11-7-8-4-5-9(11)6-8/h8-9,11H,1-7H2,(H2,17,18,19). The van der Waals surface area contributed by atoms with Crippen molar-refractivity contribution in [1.82, 2.24) is 9.97 Å². The van der Waals surface area contributed by atoms with E-state index in [0.29, 0.717) is 5.92 Å². The number of anilines is 1. The summed E-state index contributed by atoms with van der Waals surface area (Å²) in [6.45, 7) is 0. The second kappa shape index (κ2) is 3.94. The van der Waals surface area contributed by atoms with Gasteiger partial charge in [0.05, 0.1) is 5.39 Å². The zero-order valence-corrected chi connectivity index (χ0v) is 12.4. The summed E-state index contributed by atoms with van der Waals surface area (Å²) in [4.78, 5) is 12.3. The highest BCUT2D eigenvalue weighted by Crippen LogP contribution is 2.52. The second-order valence-corrected chi connectivity index (χ2v) is 7.87. The summed E-state index contributed by atoms with van der Waals surface area (Å²) >= 11 is 1.86. The van der Waals surface area contributed by atoms with Gasteiger partial charge in [-0.05, 0) is 55.9 Å². The lowest BCUT2D eigenvalue weighted by Gasteiger charge is -2.20. The molecule has 2 aromatic heterocycles. The Kier molecular flexibility index (Phi) is 2.26. The fourth-order valence-corrected chi connectivity index (χ4v) is 6.04. The zero-order valence-electron chi connectivity index (χ0n) is 11.6. The Morgan fingerprint density at radius 3 is 2.85 bits per heavy atom. The summed E-state index contributed by atoms with van der Waals surface area (Å²) in [7, 11) is 0. The van der Waals surface area contributed by atoms with Crippen LogP contribution in [0.25, 0.3) is 10.2 Å². The Morgan fingerprint density at radius 2 is 2.05 bits per heavy atom. The van der Waals surface area contributed by atoms with E-state index in [1.54, 1.807) is 0 Å². The van der Waals surface area contributed by atoms with Gasteiger partial charge in [-0.3, -0.25) is 0 Å². The number of nitrogen functional groups attached to an aromatic ring is 1. The first-order valence-corrected chi connectivity index (χ1v) is 8.69. The third kappa shape index (κ3) is 1.46. The van der Waals surface area contributed by atoms with E-state index in [0.717, 1.165) is 34.7 Å². The first-order chi connectivity index (χ1) is 9.79. The van der Waals surface area contributed by atoms with E-state index in [1.165, 1.54) is 54.4 Å². The molecule has 0 aromatic carbocycles. The maximum absolute atomic E-state index is 6.30. The van der Waals surface area contributed by atoms with Gasteiger partial charge < -0.3 is 5.73 Å². The minimum Gasteiger partial charge on any atom is -0.383 e. The molecule has 0 amide bonds. The molecule has 2 aromatic rings. The molecular formula is C16H19N3S. The van der Waals surface area contributed by atoms with Crippen LogP contribution < -0.4 is 5.73 Å². The average Bonchev–Trinajstić information content (AvgIpc) is 3.17. The molecule has 2 N–H and O–H groups in total. The van der Waals surface area contributed by atoms with Gasteiger partial charge in [-0.25, -0.2) is 9.97 Å². The minimum atomic E-state index is 0.581. The summed E-state index contributed by atoms with van der Waals surface area (Å²) in [5.74, 6) is 4.12. The van der Waals surface area contributed by atoms with Crippen LogP contribution in [0.3, 0.4) is 0 Å². The van der Waals surface area contributed by atoms with Crippen LogP contribution in [-0.2, 0) is 12.8 Å². The Morgan fingerprint density at radius 1 is 1.10 bits per heavy atom. The fourth-order valence-electron chi connectivity index (χ4n) is 4.77. The average molecular weight is 285 g/mol. The van der Waals surface area contributed by atoms with E-state index in [-0.39, 0.29) is 0 Å². The zero-order chi connectivity index (χ0) is 13.3. The van der Waals surface area contributed by atoms with Crippen LogP contribution in [0.2, 0.25) is 0 Å². The van der Waals surface area contributed by atoms with Crippen LogP contribution in [-0.4, -0.2) is 9.97 Å². The van der Waals surface area contributed by atoms with Gasteiger partial charge in [-0.15, -0.1) is 11.3 Å². The van der Waals surface area contributed by atoms with E-state index < -0.39 is 0 Å². The topological polar surface area (TPSA) is 51.8 Å². The van der Waals surface area contributed by atoms with Gasteiger partial charge in [-0.1, -0.05) is 6.42 Å². The Hall–Kier alpha value is -1.16. The van der Waals surface area contributed by atoms with Crippen LogP contribution in [0, 0.1) is 11.8 Å². The van der Waals surface area contributed by atoms with E-state index in [2.05, 4.69) is 0 Å². The van der Waals surface area contributed by atoms with Gasteiger partial charge in [-0.2, -0.15) is 0 Å². The molecule has 0 spiro atoms. The number of thiophene rings is 1. The molecule has 2 fully saturated rings. The van der Waals surface area contributed by atoms with Gasteiger partial charge in [0.1, 0.15) is 16.5 Å². The molecule has 3 unspecified atom stereocenters. The predicted molar refractivity (Wildman–Crippen MR) is 82.0 cm³/mol. The van der Waals surface area contributed by atoms with Crippen molar-refractivity contribution in [3.05, 3.63) is 16.3 Å². The molecule has 20 heavy (non-hydrogen) atoms. The van der Waals surface area contributed by atoms with E-state index in [9.17, 15) is 0 Å². The summed E-state index contributed by atoms with van der Waals surface area (Å²) < 4.78 is 0. The van der Waals surface area contributed by atoms with Gasteiger partial charge in [0.25, 0.3) is 0 Å². The van der Waals surface area contributed by atoms with E-state index >= 15 is 0 Å². The highest BCUT2D eigenvalue weighted by molar-refractivity contribution is 7.19. The Bertz CT molecular complexity index is 705. The van der Waals surface area contributed by atoms with E-state index in [4.69, 9.17) is 15.7 Å². The third-order valence-electron chi connectivity index (χ3n) is 5.68. The molecule has 0 aliphatic heterocycles. The van der Waals surface area contributed by atoms with Crippen molar-refractivity contribution in [2.45, 2.75) is 50.9 Å². The van der Waals surface area contributed by atoms with Gasteiger partial charge in [0.2, 0.25) is 0 Å². The predicted octanol–water partition coefficient (Wildman–Crippen LogP) is 3.67. The van der Waals surface area contributed by atoms with E-state index in [1.807, 2.05) is 11.3 Å². The molecule has 3 nitrogen and oxygen atoms in total. The normalized spacial score (nSPS) is 31.3. The summed E-state index contributed by atoms with van der Waals surface area (Å²) in [5.41, 5.74) is 7.74. The molecule has 5 rings (SSSR count). The number of fused-ring (bicyclic) bond motifs is 5. The molecule has 2 bridgehead atoms. The lowest BCUT2D eigenvalue weighted by molar-refractivity contribution is 0.406. The van der Waals surface area contributed by atoms with Gasteiger partial charge in [0, 0.05) is 10.8 Å². The molecule has 0 saturated heterocycles. The number of nitrogens with zero attached hydrogens (tertiary/aromatic N) is 2. The highest BCUT2D eigenvalue weighted by Gasteiger charge is 2.42. The van der Waals surface area contributed by atoms with Crippen molar-refractivity contribution >= 4 is 27.4 Å². The second-order valence-electron chi connectivity index (χ2n) is 6.79. The molecule has 3 aliphatic rings. The van der Waals surface area contributed by atoms with Crippen molar-refractivity contribution in [2.24, 2.45) is 11.8 Å². The molecular weight excluding hydrogens is 266 g/mol. The van der Waals surface area contributed by atoms with Crippen molar-refractivity contribution in [3.63, 3.8) is 0 Å². The number of hydrogen-bond donors (Lipinski definition) is 1. The molecule has 2 saturated carbocycles. The lowest BCUT2D eigenvalue weighted by atomic mass is 9.88. The Labute approximate surface area is 122 Å². The first-order valence-electron chi connectivity index (χ1n) is 7.87. The van der Waals surface area contributed by atoms with Crippen molar-refractivity contribution in [1.29, 1.82) is 0 Å². The maximum Gasteiger partial charge on any atom is 0.136 e. The quantitative estimate of drug-likeness (QED) is 0.870. The molecule has 3 aliphatic carbocycles. The SMILES string of the molecule is Nc1nc(C2CC3CCC2C3)nc2sc3c(c12)CCC3. The first kappa shape index (κ1) is 11.5. The summed E-state index contributed by atoms with van der Waals surface area (Å²) in [6.07, 6.45) is 9.12. The fraction of sp³-hybridized carbons (Fsp3) is 0.625. The van der Waals surface area contributed by atoms with Gasteiger partial charge in [0.15, 0.2) is 0 Å². The summed E-state index contributed by atoms with van der Waals surface area (Å²) in [5, 5.41) is 1.18. The number of hydrogen-bond acceptors (Lipinski definition) is 4. The minimum absolute atomic E-state index is 0.581. The smallest absolute Gasteiger partial charge is 0.136 e. The van der Waals surface area contributed by atoms with Crippen LogP contribution >= 0.6 is 11.3 Å². The molecule has 3 atom stereocenters. The van der Waals surface area contributed by atoms with Crippen LogP contribution in [0.5, 0.6) is 0 Å². The number of rotatable bonds is 1. The highest BCUT2D eigenvalue weighted by atomic mass is 32.1. The molecule has 0 radical (unpaired) electrons. The molecule has 2 heterocycles. The summed E-state index contributed by atoms with van der Waals surface area (Å²) in [6, 6.07) is 0. The van der Waals surface area contributed by atoms with Crippen LogP contribution in [0.4, 0.5) is 5.82 Å². The molecule has 4 heteroatoms. The van der Waals surface area contributed by atoms with Crippen molar-refractivity contribution in [3.8, 4) is 0 Å². The largest absolute Gasteiger partial charge is 0.383 e. The van der Waals surface area contributed by atoms with Crippen molar-refractivity contribution < 1.29 is 0 Å². The van der Waals surface area contributed by atoms with Crippen molar-refractivity contribution in [2.75, 3.05) is 5.73 Å².